The number of rotatable bonds is 3. The number of aromatic nitrogens is 2. The van der Waals surface area contributed by atoms with Gasteiger partial charge in [-0.2, -0.15) is 0 Å². The Labute approximate surface area is 126 Å². The molecule has 1 N–H and O–H groups in total. The van der Waals surface area contributed by atoms with Crippen LogP contribution in [0.5, 0.6) is 5.75 Å². The molecule has 21 heavy (non-hydrogen) atoms. The van der Waals surface area contributed by atoms with Crippen LogP contribution < -0.4 is 0 Å². The lowest BCUT2D eigenvalue weighted by molar-refractivity contribution is 0.475. The summed E-state index contributed by atoms with van der Waals surface area (Å²) in [4.78, 5) is 0. The van der Waals surface area contributed by atoms with Gasteiger partial charge in [0, 0.05) is 10.6 Å². The maximum absolute atomic E-state index is 9.40. The highest BCUT2D eigenvalue weighted by Gasteiger charge is 2.10. The van der Waals surface area contributed by atoms with Crippen LogP contribution in [0.15, 0.2) is 59.3 Å². The topological polar surface area (TPSA) is 59.2 Å². The van der Waals surface area contributed by atoms with E-state index < -0.39 is 0 Å². The van der Waals surface area contributed by atoms with E-state index in [4.69, 9.17) is 16.0 Å². The first-order chi connectivity index (χ1) is 10.2. The number of nitrogens with zero attached hydrogens (tertiary/aromatic N) is 2. The number of hydrogen-bond acceptors (Lipinski definition) is 4. The molecule has 0 atom stereocenters. The lowest BCUT2D eigenvalue weighted by Gasteiger charge is -2.04. The summed E-state index contributed by atoms with van der Waals surface area (Å²) in [5.41, 5.74) is 2.60. The van der Waals surface area contributed by atoms with Crippen LogP contribution in [0.1, 0.15) is 17.0 Å². The molecular formula is C16H11ClN2O2. The summed E-state index contributed by atoms with van der Waals surface area (Å²) in [6.07, 6.45) is 3.21. The smallest absolute Gasteiger partial charge is 0.248 e. The molecule has 0 radical (unpaired) electrons. The Morgan fingerprint density at radius 2 is 1.76 bits per heavy atom. The summed E-state index contributed by atoms with van der Waals surface area (Å²) in [5, 5.41) is 17.8. The zero-order valence-corrected chi connectivity index (χ0v) is 11.7. The van der Waals surface area contributed by atoms with Gasteiger partial charge in [-0.1, -0.05) is 35.9 Å². The highest BCUT2D eigenvalue weighted by molar-refractivity contribution is 6.30. The van der Waals surface area contributed by atoms with Crippen molar-refractivity contribution in [2.45, 2.75) is 0 Å². The standard InChI is InChI=1S/C16H11ClN2O2/c17-13-5-1-11(2-6-13)9-15(16-19-18-10-21-16)12-3-7-14(20)8-4-12/h1-10,20H/b15-9+. The molecule has 104 valence electrons. The fraction of sp³-hybridized carbons (Fsp3) is 0. The minimum atomic E-state index is 0.204. The molecular weight excluding hydrogens is 288 g/mol. The first-order valence-electron chi connectivity index (χ1n) is 6.25. The third kappa shape index (κ3) is 3.12. The molecule has 0 spiro atoms. The number of phenolic OH excluding ortho intramolecular Hbond substituents is 1. The van der Waals surface area contributed by atoms with Gasteiger partial charge in [-0.05, 0) is 41.5 Å². The molecule has 0 aliphatic rings. The van der Waals surface area contributed by atoms with E-state index in [9.17, 15) is 5.11 Å². The average molecular weight is 299 g/mol. The van der Waals surface area contributed by atoms with E-state index in [2.05, 4.69) is 10.2 Å². The van der Waals surface area contributed by atoms with Gasteiger partial charge in [0.05, 0.1) is 0 Å². The molecule has 0 unspecified atom stereocenters. The maximum atomic E-state index is 9.40. The summed E-state index contributed by atoms with van der Waals surface area (Å²) in [6.45, 7) is 0. The van der Waals surface area contributed by atoms with Crippen LogP contribution in [0, 0.1) is 0 Å². The van der Waals surface area contributed by atoms with Crippen molar-refractivity contribution in [1.82, 2.24) is 10.2 Å². The molecule has 5 heteroatoms. The van der Waals surface area contributed by atoms with Crippen LogP contribution in [0.25, 0.3) is 11.6 Å². The van der Waals surface area contributed by atoms with Crippen molar-refractivity contribution in [2.75, 3.05) is 0 Å². The lowest BCUT2D eigenvalue weighted by atomic mass is 10.0. The van der Waals surface area contributed by atoms with Gasteiger partial charge in [0.15, 0.2) is 0 Å². The SMILES string of the molecule is Oc1ccc(/C(=C\c2ccc(Cl)cc2)c2nnco2)cc1. The van der Waals surface area contributed by atoms with Gasteiger partial charge in [-0.15, -0.1) is 10.2 Å². The number of halogens is 1. The Bertz CT molecular complexity index is 748. The molecule has 0 amide bonds. The Morgan fingerprint density at radius 3 is 2.38 bits per heavy atom. The van der Waals surface area contributed by atoms with Crippen LogP contribution in [0.3, 0.4) is 0 Å². The number of hydrogen-bond donors (Lipinski definition) is 1. The number of aromatic hydroxyl groups is 1. The monoisotopic (exact) mass is 298 g/mol. The summed E-state index contributed by atoms with van der Waals surface area (Å²) < 4.78 is 5.30. The molecule has 3 aromatic rings. The molecule has 0 aliphatic heterocycles. The van der Waals surface area contributed by atoms with Crippen LogP contribution in [-0.2, 0) is 0 Å². The van der Waals surface area contributed by atoms with Crippen molar-refractivity contribution in [3.05, 3.63) is 77.0 Å². The second kappa shape index (κ2) is 5.81. The number of phenols is 1. The number of benzene rings is 2. The van der Waals surface area contributed by atoms with Gasteiger partial charge in [0.2, 0.25) is 12.3 Å². The Hall–Kier alpha value is -2.59. The summed E-state index contributed by atoms with van der Waals surface area (Å²) in [7, 11) is 0. The van der Waals surface area contributed by atoms with Crippen molar-refractivity contribution < 1.29 is 9.52 Å². The average Bonchev–Trinajstić information content (AvgIpc) is 3.02. The molecule has 1 aromatic heterocycles. The van der Waals surface area contributed by atoms with Crippen LogP contribution in [-0.4, -0.2) is 15.3 Å². The van der Waals surface area contributed by atoms with Crippen LogP contribution in [0.2, 0.25) is 5.02 Å². The lowest BCUT2D eigenvalue weighted by Crippen LogP contribution is -1.89. The summed E-state index contributed by atoms with van der Waals surface area (Å²) in [5.74, 6) is 0.616. The minimum Gasteiger partial charge on any atom is -0.508 e. The predicted molar refractivity (Wildman–Crippen MR) is 80.8 cm³/mol. The molecule has 1 heterocycles. The fourth-order valence-electron chi connectivity index (χ4n) is 1.93. The molecule has 0 bridgehead atoms. The third-order valence-corrected chi connectivity index (χ3v) is 3.20. The van der Waals surface area contributed by atoms with Gasteiger partial charge >= 0.3 is 0 Å². The van der Waals surface area contributed by atoms with Crippen molar-refractivity contribution in [3.8, 4) is 5.75 Å². The van der Waals surface area contributed by atoms with Crippen molar-refractivity contribution in [3.63, 3.8) is 0 Å². The van der Waals surface area contributed by atoms with Gasteiger partial charge in [0.1, 0.15) is 5.75 Å². The highest BCUT2D eigenvalue weighted by Crippen LogP contribution is 2.26. The van der Waals surface area contributed by atoms with Gasteiger partial charge < -0.3 is 9.52 Å². The maximum Gasteiger partial charge on any atom is 0.248 e. The zero-order valence-electron chi connectivity index (χ0n) is 10.9. The fourth-order valence-corrected chi connectivity index (χ4v) is 2.05. The second-order valence-corrected chi connectivity index (χ2v) is 4.84. The molecule has 3 rings (SSSR count). The van der Waals surface area contributed by atoms with E-state index in [0.29, 0.717) is 10.9 Å². The quantitative estimate of drug-likeness (QED) is 0.742. The van der Waals surface area contributed by atoms with E-state index in [0.717, 1.165) is 16.7 Å². The van der Waals surface area contributed by atoms with Gasteiger partial charge in [0.25, 0.3) is 0 Å². The summed E-state index contributed by atoms with van der Waals surface area (Å²) >= 11 is 5.89. The van der Waals surface area contributed by atoms with Gasteiger partial charge in [-0.3, -0.25) is 0 Å². The third-order valence-electron chi connectivity index (χ3n) is 2.95. The first-order valence-corrected chi connectivity index (χ1v) is 6.63. The van der Waals surface area contributed by atoms with E-state index >= 15 is 0 Å². The molecule has 2 aromatic carbocycles. The first kappa shape index (κ1) is 13.4. The Morgan fingerprint density at radius 1 is 1.05 bits per heavy atom. The van der Waals surface area contributed by atoms with E-state index in [1.807, 2.05) is 30.3 Å². The Balaban J connectivity index is 2.08. The largest absolute Gasteiger partial charge is 0.508 e. The van der Waals surface area contributed by atoms with Gasteiger partial charge in [-0.25, -0.2) is 0 Å². The molecule has 0 saturated carbocycles. The molecule has 0 fully saturated rings. The Kier molecular flexibility index (Phi) is 3.71. The zero-order chi connectivity index (χ0) is 14.7. The van der Waals surface area contributed by atoms with Crippen molar-refractivity contribution in [2.24, 2.45) is 0 Å². The molecule has 4 nitrogen and oxygen atoms in total. The summed E-state index contributed by atoms with van der Waals surface area (Å²) in [6, 6.07) is 14.2. The highest BCUT2D eigenvalue weighted by atomic mass is 35.5. The van der Waals surface area contributed by atoms with Crippen LogP contribution in [0.4, 0.5) is 0 Å². The second-order valence-electron chi connectivity index (χ2n) is 4.40. The van der Waals surface area contributed by atoms with Crippen LogP contribution >= 0.6 is 11.6 Å². The van der Waals surface area contributed by atoms with E-state index in [-0.39, 0.29) is 5.75 Å². The predicted octanol–water partition coefficient (Wildman–Crippen LogP) is 4.02. The molecule has 0 saturated heterocycles. The van der Waals surface area contributed by atoms with Crippen molar-refractivity contribution in [1.29, 1.82) is 0 Å². The molecule has 0 aliphatic carbocycles. The van der Waals surface area contributed by atoms with E-state index in [1.54, 1.807) is 24.3 Å². The normalized spacial score (nSPS) is 11.6. The van der Waals surface area contributed by atoms with E-state index in [1.165, 1.54) is 6.39 Å². The minimum absolute atomic E-state index is 0.204. The van der Waals surface area contributed by atoms with Crippen molar-refractivity contribution >= 4 is 23.3 Å².